The Morgan fingerprint density at radius 3 is 2.82 bits per heavy atom. The highest BCUT2D eigenvalue weighted by Gasteiger charge is 2.16. The summed E-state index contributed by atoms with van der Waals surface area (Å²) in [4.78, 5) is 17.7. The van der Waals surface area contributed by atoms with E-state index in [-0.39, 0.29) is 12.0 Å². The Morgan fingerprint density at radius 2 is 2.29 bits per heavy atom. The molecule has 5 nitrogen and oxygen atoms in total. The van der Waals surface area contributed by atoms with Gasteiger partial charge in [-0.05, 0) is 20.8 Å². The molecule has 0 N–H and O–H groups in total. The quantitative estimate of drug-likeness (QED) is 0.702. The van der Waals surface area contributed by atoms with Gasteiger partial charge in [0.25, 0.3) is 0 Å². The van der Waals surface area contributed by atoms with Crippen molar-refractivity contribution in [3.8, 4) is 0 Å². The van der Waals surface area contributed by atoms with Gasteiger partial charge < -0.3 is 9.30 Å². The number of esters is 1. The lowest BCUT2D eigenvalue weighted by Crippen LogP contribution is -2.36. The van der Waals surface area contributed by atoms with E-state index in [0.29, 0.717) is 13.1 Å². The first kappa shape index (κ1) is 13.7. The number of carbonyl (C=O) groups excluding carboxylic acids is 1. The van der Waals surface area contributed by atoms with Crippen molar-refractivity contribution in [2.75, 3.05) is 13.7 Å². The first-order valence-corrected chi connectivity index (χ1v) is 5.89. The molecule has 96 valence electrons. The highest BCUT2D eigenvalue weighted by molar-refractivity contribution is 5.71. The number of carbonyl (C=O) groups is 1. The van der Waals surface area contributed by atoms with Crippen LogP contribution in [0.2, 0.25) is 0 Å². The van der Waals surface area contributed by atoms with E-state index in [4.69, 9.17) is 4.74 Å². The molecule has 0 amide bonds. The molecular formula is C12H21N3O2. The lowest BCUT2D eigenvalue weighted by Gasteiger charge is -2.24. The maximum atomic E-state index is 11.3. The molecule has 0 aliphatic carbocycles. The van der Waals surface area contributed by atoms with Crippen LogP contribution in [0.4, 0.5) is 0 Å². The maximum Gasteiger partial charge on any atom is 0.319 e. The average Bonchev–Trinajstić information content (AvgIpc) is 2.75. The third-order valence-corrected chi connectivity index (χ3v) is 2.78. The molecule has 1 heterocycles. The van der Waals surface area contributed by atoms with Crippen LogP contribution in [0.1, 0.15) is 26.6 Å². The van der Waals surface area contributed by atoms with Crippen LogP contribution in [0.3, 0.4) is 0 Å². The van der Waals surface area contributed by atoms with Gasteiger partial charge >= 0.3 is 5.97 Å². The Labute approximate surface area is 102 Å². The highest BCUT2D eigenvalue weighted by atomic mass is 16.5. The lowest BCUT2D eigenvalue weighted by molar-refractivity contribution is -0.142. The molecular weight excluding hydrogens is 218 g/mol. The molecule has 1 aromatic rings. The van der Waals surface area contributed by atoms with Crippen molar-refractivity contribution in [1.82, 2.24) is 14.5 Å². The van der Waals surface area contributed by atoms with Gasteiger partial charge in [-0.15, -0.1) is 0 Å². The third-order valence-electron chi connectivity index (χ3n) is 2.78. The Balaban J connectivity index is 2.70. The predicted molar refractivity (Wildman–Crippen MR) is 65.5 cm³/mol. The molecule has 0 saturated carbocycles. The molecule has 0 bridgehead atoms. The summed E-state index contributed by atoms with van der Waals surface area (Å²) in [6.45, 7) is 8.04. The highest BCUT2D eigenvalue weighted by Crippen LogP contribution is 2.07. The van der Waals surface area contributed by atoms with Gasteiger partial charge in [0.2, 0.25) is 0 Å². The molecule has 1 rings (SSSR count). The number of rotatable bonds is 6. The standard InChI is InChI=1S/C12H21N3O2/c1-5-14-7-6-13-11(14)8-15(10(2)3)9-12(16)17-4/h6-7,10H,5,8-9H2,1-4H3. The molecule has 0 saturated heterocycles. The van der Waals surface area contributed by atoms with Gasteiger partial charge in [0.05, 0.1) is 20.2 Å². The molecule has 0 unspecified atom stereocenters. The Morgan fingerprint density at radius 1 is 1.59 bits per heavy atom. The maximum absolute atomic E-state index is 11.3. The second kappa shape index (κ2) is 6.39. The summed E-state index contributed by atoms with van der Waals surface area (Å²) in [5.41, 5.74) is 0. The molecule has 17 heavy (non-hydrogen) atoms. The minimum Gasteiger partial charge on any atom is -0.468 e. The van der Waals surface area contributed by atoms with Crippen LogP contribution in [-0.2, 0) is 22.6 Å². The van der Waals surface area contributed by atoms with E-state index in [1.807, 2.05) is 11.1 Å². The van der Waals surface area contributed by atoms with Crippen molar-refractivity contribution in [2.45, 2.75) is 39.9 Å². The van der Waals surface area contributed by atoms with Gasteiger partial charge in [-0.2, -0.15) is 0 Å². The SMILES string of the molecule is CCn1ccnc1CN(CC(=O)OC)C(C)C. The first-order valence-electron chi connectivity index (χ1n) is 5.89. The van der Waals surface area contributed by atoms with Gasteiger partial charge in [0, 0.05) is 25.0 Å². The van der Waals surface area contributed by atoms with E-state index < -0.39 is 0 Å². The Bertz CT molecular complexity index is 360. The first-order chi connectivity index (χ1) is 8.08. The summed E-state index contributed by atoms with van der Waals surface area (Å²) in [6.07, 6.45) is 3.74. The van der Waals surface area contributed by atoms with Crippen LogP contribution >= 0.6 is 0 Å². The minimum atomic E-state index is -0.215. The second-order valence-corrected chi connectivity index (χ2v) is 4.20. The molecule has 0 fully saturated rings. The normalized spacial score (nSPS) is 11.2. The third kappa shape index (κ3) is 3.85. The summed E-state index contributed by atoms with van der Waals surface area (Å²) >= 11 is 0. The van der Waals surface area contributed by atoms with Crippen molar-refractivity contribution in [1.29, 1.82) is 0 Å². The van der Waals surface area contributed by atoms with Gasteiger partial charge in [-0.25, -0.2) is 4.98 Å². The predicted octanol–water partition coefficient (Wildman–Crippen LogP) is 1.29. The fraction of sp³-hybridized carbons (Fsp3) is 0.667. The van der Waals surface area contributed by atoms with E-state index in [1.165, 1.54) is 7.11 Å². The largest absolute Gasteiger partial charge is 0.468 e. The van der Waals surface area contributed by atoms with E-state index in [2.05, 4.69) is 30.3 Å². The summed E-state index contributed by atoms with van der Waals surface area (Å²) in [7, 11) is 1.41. The number of aryl methyl sites for hydroxylation is 1. The fourth-order valence-electron chi connectivity index (χ4n) is 1.61. The summed E-state index contributed by atoms with van der Waals surface area (Å²) in [5.74, 6) is 0.762. The Kier molecular flexibility index (Phi) is 5.15. The molecule has 1 aromatic heterocycles. The molecule has 0 aromatic carbocycles. The van der Waals surface area contributed by atoms with Gasteiger partial charge in [-0.1, -0.05) is 0 Å². The van der Waals surface area contributed by atoms with Crippen molar-refractivity contribution >= 4 is 5.97 Å². The zero-order valence-corrected chi connectivity index (χ0v) is 11.0. The van der Waals surface area contributed by atoms with Crippen molar-refractivity contribution < 1.29 is 9.53 Å². The van der Waals surface area contributed by atoms with E-state index in [9.17, 15) is 4.79 Å². The smallest absolute Gasteiger partial charge is 0.319 e. The van der Waals surface area contributed by atoms with Crippen molar-refractivity contribution in [3.63, 3.8) is 0 Å². The van der Waals surface area contributed by atoms with Crippen LogP contribution in [0.25, 0.3) is 0 Å². The molecule has 0 spiro atoms. The minimum absolute atomic E-state index is 0.215. The van der Waals surface area contributed by atoms with Gasteiger partial charge in [0.1, 0.15) is 5.82 Å². The van der Waals surface area contributed by atoms with Gasteiger partial charge in [-0.3, -0.25) is 9.69 Å². The number of methoxy groups -OCH3 is 1. The molecule has 0 aliphatic heterocycles. The number of hydrogen-bond acceptors (Lipinski definition) is 4. The number of imidazole rings is 1. The molecule has 0 radical (unpaired) electrons. The van der Waals surface area contributed by atoms with Crippen LogP contribution in [0, 0.1) is 0 Å². The molecule has 0 aliphatic rings. The lowest BCUT2D eigenvalue weighted by atomic mass is 10.3. The van der Waals surface area contributed by atoms with Gasteiger partial charge in [0.15, 0.2) is 0 Å². The van der Waals surface area contributed by atoms with Crippen molar-refractivity contribution in [2.24, 2.45) is 0 Å². The summed E-state index contributed by atoms with van der Waals surface area (Å²) in [5, 5.41) is 0. The van der Waals surface area contributed by atoms with E-state index in [1.54, 1.807) is 6.20 Å². The summed E-state index contributed by atoms with van der Waals surface area (Å²) < 4.78 is 6.77. The zero-order valence-electron chi connectivity index (χ0n) is 11.0. The number of hydrogen-bond donors (Lipinski definition) is 0. The number of nitrogens with zero attached hydrogens (tertiary/aromatic N) is 3. The Hall–Kier alpha value is -1.36. The number of ether oxygens (including phenoxy) is 1. The fourth-order valence-corrected chi connectivity index (χ4v) is 1.61. The number of aromatic nitrogens is 2. The molecule has 5 heteroatoms. The zero-order chi connectivity index (χ0) is 12.8. The van der Waals surface area contributed by atoms with Crippen LogP contribution < -0.4 is 0 Å². The monoisotopic (exact) mass is 239 g/mol. The van der Waals surface area contributed by atoms with E-state index in [0.717, 1.165) is 12.4 Å². The molecule has 0 atom stereocenters. The topological polar surface area (TPSA) is 47.4 Å². The van der Waals surface area contributed by atoms with Crippen molar-refractivity contribution in [3.05, 3.63) is 18.2 Å². The van der Waals surface area contributed by atoms with Crippen LogP contribution in [0.5, 0.6) is 0 Å². The average molecular weight is 239 g/mol. The van der Waals surface area contributed by atoms with E-state index >= 15 is 0 Å². The second-order valence-electron chi connectivity index (χ2n) is 4.20. The summed E-state index contributed by atoms with van der Waals surface area (Å²) in [6, 6.07) is 0.274. The van der Waals surface area contributed by atoms with Crippen LogP contribution in [-0.4, -0.2) is 40.1 Å². The van der Waals surface area contributed by atoms with Crippen LogP contribution in [0.15, 0.2) is 12.4 Å².